The second-order valence-electron chi connectivity index (χ2n) is 6.72. The first-order chi connectivity index (χ1) is 11.9. The van der Waals surface area contributed by atoms with Gasteiger partial charge in [0.1, 0.15) is 5.60 Å². The lowest BCUT2D eigenvalue weighted by atomic mass is 9.97. The average molecular weight is 346 g/mol. The summed E-state index contributed by atoms with van der Waals surface area (Å²) in [6.45, 7) is 7.01. The number of carbonyl (C=O) groups is 1. The molecule has 2 heterocycles. The molecule has 0 bridgehead atoms. The van der Waals surface area contributed by atoms with Crippen LogP contribution in [0.2, 0.25) is 0 Å². The van der Waals surface area contributed by atoms with Crippen LogP contribution in [0.1, 0.15) is 38.3 Å². The number of amides is 1. The van der Waals surface area contributed by atoms with Crippen LogP contribution in [0.5, 0.6) is 0 Å². The van der Waals surface area contributed by atoms with Crippen LogP contribution in [-0.2, 0) is 22.5 Å². The van der Waals surface area contributed by atoms with Crippen molar-refractivity contribution in [2.45, 2.75) is 45.8 Å². The molecule has 6 heteroatoms. The molecule has 0 spiro atoms. The molecule has 6 nitrogen and oxygen atoms in total. The van der Waals surface area contributed by atoms with Gasteiger partial charge in [0.05, 0.1) is 12.8 Å². The molecule has 0 fully saturated rings. The summed E-state index contributed by atoms with van der Waals surface area (Å²) in [6.07, 6.45) is 4.97. The third-order valence-electron chi connectivity index (χ3n) is 3.55. The summed E-state index contributed by atoms with van der Waals surface area (Å²) in [5.74, 6) is 0.846. The number of nitrogens with zero attached hydrogens (tertiary/aromatic N) is 1. The Kier molecular flexibility index (Phi) is 6.58. The molecule has 0 unspecified atom stereocenters. The fourth-order valence-corrected chi connectivity index (χ4v) is 2.51. The molecular formula is C19H26N2O4. The smallest absolute Gasteiger partial charge is 0.407 e. The largest absolute Gasteiger partial charge is 0.444 e. The number of oxazole rings is 1. The van der Waals surface area contributed by atoms with Crippen molar-refractivity contribution in [1.29, 1.82) is 0 Å². The van der Waals surface area contributed by atoms with E-state index in [0.717, 1.165) is 30.8 Å². The van der Waals surface area contributed by atoms with E-state index in [0.29, 0.717) is 6.61 Å². The number of fused-ring (bicyclic) bond motifs is 1. The molecule has 1 aliphatic rings. The van der Waals surface area contributed by atoms with E-state index in [-0.39, 0.29) is 11.7 Å². The zero-order chi connectivity index (χ0) is 18.3. The Morgan fingerprint density at radius 3 is 2.72 bits per heavy atom. The Hall–Kier alpha value is -2.34. The van der Waals surface area contributed by atoms with E-state index >= 15 is 0 Å². The summed E-state index contributed by atoms with van der Waals surface area (Å²) in [4.78, 5) is 14.5. The zero-order valence-electron chi connectivity index (χ0n) is 15.3. The maximum absolute atomic E-state index is 10.5. The van der Waals surface area contributed by atoms with E-state index in [1.54, 1.807) is 6.20 Å². The first-order valence-corrected chi connectivity index (χ1v) is 8.39. The SMILES string of the molecule is CNC(=O)OC(C)(C)C.c1cc2c(c(-c3cnco3)c1)CCCOC2. The first-order valence-electron chi connectivity index (χ1n) is 8.39. The number of aromatic nitrogens is 1. The standard InChI is InChI=1S/C13H13NO2.C6H13NO2/c1-3-10-8-15-6-2-5-11(10)12(4-1)13-7-14-9-16-13;1-6(2,3)9-5(8)7-4/h1,3-4,7,9H,2,5-6,8H2;1-4H3,(H,7,8). The third kappa shape index (κ3) is 5.90. The number of nitrogens with one attached hydrogen (secondary N) is 1. The molecule has 0 saturated heterocycles. The maximum Gasteiger partial charge on any atom is 0.407 e. The van der Waals surface area contributed by atoms with Crippen LogP contribution in [0, 0.1) is 0 Å². The zero-order valence-corrected chi connectivity index (χ0v) is 15.3. The molecular weight excluding hydrogens is 320 g/mol. The summed E-state index contributed by atoms with van der Waals surface area (Å²) in [5, 5.41) is 2.36. The molecule has 1 N–H and O–H groups in total. The predicted octanol–water partition coefficient (Wildman–Crippen LogP) is 3.95. The highest BCUT2D eigenvalue weighted by Crippen LogP contribution is 2.29. The molecule has 136 valence electrons. The van der Waals surface area contributed by atoms with Gasteiger partial charge in [-0.15, -0.1) is 0 Å². The van der Waals surface area contributed by atoms with Gasteiger partial charge in [-0.2, -0.15) is 0 Å². The number of hydrogen-bond acceptors (Lipinski definition) is 5. The Bertz CT molecular complexity index is 675. The van der Waals surface area contributed by atoms with Gasteiger partial charge >= 0.3 is 6.09 Å². The van der Waals surface area contributed by atoms with E-state index in [4.69, 9.17) is 13.9 Å². The topological polar surface area (TPSA) is 73.6 Å². The van der Waals surface area contributed by atoms with Crippen LogP contribution < -0.4 is 5.32 Å². The van der Waals surface area contributed by atoms with Crippen LogP contribution in [0.4, 0.5) is 4.79 Å². The highest BCUT2D eigenvalue weighted by atomic mass is 16.6. The second-order valence-corrected chi connectivity index (χ2v) is 6.72. The average Bonchev–Trinajstić information content (AvgIpc) is 2.98. The lowest BCUT2D eigenvalue weighted by molar-refractivity contribution is 0.0541. The van der Waals surface area contributed by atoms with Crippen LogP contribution in [0.25, 0.3) is 11.3 Å². The molecule has 3 rings (SSSR count). The van der Waals surface area contributed by atoms with Crippen LogP contribution >= 0.6 is 0 Å². The monoisotopic (exact) mass is 346 g/mol. The molecule has 0 aliphatic carbocycles. The molecule has 2 aromatic rings. The van der Waals surface area contributed by atoms with Gasteiger partial charge in [-0.1, -0.05) is 18.2 Å². The van der Waals surface area contributed by atoms with Crippen molar-refractivity contribution in [3.63, 3.8) is 0 Å². The first kappa shape index (κ1) is 19.0. The number of rotatable bonds is 1. The lowest BCUT2D eigenvalue weighted by Crippen LogP contribution is -2.30. The number of alkyl carbamates (subject to hydrolysis) is 1. The highest BCUT2D eigenvalue weighted by molar-refractivity contribution is 5.67. The Balaban J connectivity index is 0.000000217. The summed E-state index contributed by atoms with van der Waals surface area (Å²) in [7, 11) is 1.54. The van der Waals surface area contributed by atoms with Crippen LogP contribution in [0.3, 0.4) is 0 Å². The number of benzene rings is 1. The molecule has 25 heavy (non-hydrogen) atoms. The minimum atomic E-state index is -0.389. The third-order valence-corrected chi connectivity index (χ3v) is 3.55. The van der Waals surface area contributed by atoms with Crippen LogP contribution in [0.15, 0.2) is 35.2 Å². The Morgan fingerprint density at radius 2 is 2.12 bits per heavy atom. The minimum absolute atomic E-state index is 0.387. The van der Waals surface area contributed by atoms with Crippen molar-refractivity contribution in [1.82, 2.24) is 10.3 Å². The molecule has 0 saturated carbocycles. The van der Waals surface area contributed by atoms with E-state index in [2.05, 4.69) is 22.4 Å². The minimum Gasteiger partial charge on any atom is -0.444 e. The van der Waals surface area contributed by atoms with Crippen molar-refractivity contribution in [3.05, 3.63) is 41.9 Å². The fraction of sp³-hybridized carbons (Fsp3) is 0.474. The predicted molar refractivity (Wildman–Crippen MR) is 95.2 cm³/mol. The van der Waals surface area contributed by atoms with Gasteiger partial charge in [0.15, 0.2) is 12.2 Å². The van der Waals surface area contributed by atoms with Crippen LogP contribution in [-0.4, -0.2) is 30.3 Å². The van der Waals surface area contributed by atoms with Gasteiger partial charge in [-0.25, -0.2) is 9.78 Å². The van der Waals surface area contributed by atoms with Crippen molar-refractivity contribution in [3.8, 4) is 11.3 Å². The van der Waals surface area contributed by atoms with Gasteiger partial charge < -0.3 is 19.2 Å². The molecule has 1 aromatic heterocycles. The summed E-state index contributed by atoms with van der Waals surface area (Å²) < 4.78 is 15.8. The number of ether oxygens (including phenoxy) is 2. The van der Waals surface area contributed by atoms with Crippen molar-refractivity contribution in [2.75, 3.05) is 13.7 Å². The van der Waals surface area contributed by atoms with Crippen molar-refractivity contribution < 1.29 is 18.7 Å². The Labute approximate surface area is 148 Å². The summed E-state index contributed by atoms with van der Waals surface area (Å²) in [6, 6.07) is 6.26. The maximum atomic E-state index is 10.5. The van der Waals surface area contributed by atoms with Crippen molar-refractivity contribution in [2.24, 2.45) is 0 Å². The quantitative estimate of drug-likeness (QED) is 0.846. The highest BCUT2D eigenvalue weighted by Gasteiger charge is 2.15. The van der Waals surface area contributed by atoms with Gasteiger partial charge in [0.25, 0.3) is 0 Å². The number of hydrogen-bond donors (Lipinski definition) is 1. The molecule has 0 radical (unpaired) electrons. The van der Waals surface area contributed by atoms with E-state index < -0.39 is 0 Å². The van der Waals surface area contributed by atoms with E-state index in [1.165, 1.54) is 24.6 Å². The molecule has 1 aliphatic heterocycles. The summed E-state index contributed by atoms with van der Waals surface area (Å²) >= 11 is 0. The van der Waals surface area contributed by atoms with Crippen molar-refractivity contribution >= 4 is 6.09 Å². The number of carbonyl (C=O) groups excluding carboxylic acids is 1. The van der Waals surface area contributed by atoms with Gasteiger partial charge in [-0.05, 0) is 44.7 Å². The lowest BCUT2D eigenvalue weighted by Gasteiger charge is -2.18. The van der Waals surface area contributed by atoms with Gasteiger partial charge in [-0.3, -0.25) is 0 Å². The molecule has 1 aromatic carbocycles. The second kappa shape index (κ2) is 8.67. The molecule has 1 amide bonds. The normalized spacial score (nSPS) is 13.8. The molecule has 0 atom stereocenters. The van der Waals surface area contributed by atoms with E-state index in [9.17, 15) is 4.79 Å². The fourth-order valence-electron chi connectivity index (χ4n) is 2.51. The van der Waals surface area contributed by atoms with Gasteiger partial charge in [0.2, 0.25) is 0 Å². The van der Waals surface area contributed by atoms with E-state index in [1.807, 2.05) is 26.8 Å². The summed E-state index contributed by atoms with van der Waals surface area (Å²) in [5.41, 5.74) is 3.38. The van der Waals surface area contributed by atoms with Gasteiger partial charge in [0, 0.05) is 19.2 Å². The Morgan fingerprint density at radius 1 is 1.32 bits per heavy atom.